The van der Waals surface area contributed by atoms with Crippen LogP contribution in [-0.2, 0) is 29.5 Å². The van der Waals surface area contributed by atoms with Gasteiger partial charge in [0, 0.05) is 45.1 Å². The summed E-state index contributed by atoms with van der Waals surface area (Å²) in [4.78, 5) is 5.20. The van der Waals surface area contributed by atoms with Gasteiger partial charge >= 0.3 is 0 Å². The lowest BCUT2D eigenvalue weighted by Crippen LogP contribution is -2.45. The van der Waals surface area contributed by atoms with Gasteiger partial charge < -0.3 is 4.90 Å². The van der Waals surface area contributed by atoms with Crippen molar-refractivity contribution in [2.24, 2.45) is 0 Å². The molecule has 0 spiro atoms. The Balaban J connectivity index is 1.61. The molecule has 2 aromatic carbocycles. The number of nitrogens with one attached hydrogen (secondary N) is 1. The van der Waals surface area contributed by atoms with Crippen molar-refractivity contribution in [3.05, 3.63) is 65.2 Å². The fourth-order valence-electron chi connectivity index (χ4n) is 3.75. The van der Waals surface area contributed by atoms with E-state index in [-0.39, 0.29) is 0 Å². The molecule has 0 bridgehead atoms. The van der Waals surface area contributed by atoms with Crippen molar-refractivity contribution < 1.29 is 8.42 Å². The summed E-state index contributed by atoms with van der Waals surface area (Å²) < 4.78 is 28.3. The Morgan fingerprint density at radius 2 is 1.57 bits per heavy atom. The van der Waals surface area contributed by atoms with Gasteiger partial charge in [-0.05, 0) is 48.2 Å². The summed E-state index contributed by atoms with van der Waals surface area (Å²) in [6.07, 6.45) is 1.74. The van der Waals surface area contributed by atoms with E-state index in [1.54, 1.807) is 12.1 Å². The zero-order valence-corrected chi connectivity index (χ0v) is 19.3. The summed E-state index contributed by atoms with van der Waals surface area (Å²) in [5, 5.41) is 0. The molecule has 0 atom stereocenters. The van der Waals surface area contributed by atoms with E-state index in [0.29, 0.717) is 17.3 Å². The lowest BCUT2D eigenvalue weighted by Gasteiger charge is -2.34. The number of hydrogen-bond donors (Lipinski definition) is 1. The highest BCUT2D eigenvalue weighted by molar-refractivity contribution is 7.89. The lowest BCUT2D eigenvalue weighted by molar-refractivity contribution is 0.131. The molecule has 0 aliphatic carbocycles. The van der Waals surface area contributed by atoms with Gasteiger partial charge in [-0.25, -0.2) is 13.1 Å². The normalized spacial score (nSPS) is 16.1. The number of alkyl halides is 1. The summed E-state index contributed by atoms with van der Waals surface area (Å²) in [7, 11) is -3.55. The van der Waals surface area contributed by atoms with E-state index in [4.69, 9.17) is 11.6 Å². The van der Waals surface area contributed by atoms with Gasteiger partial charge in [-0.1, -0.05) is 43.3 Å². The molecule has 1 fully saturated rings. The van der Waals surface area contributed by atoms with Gasteiger partial charge in [0.25, 0.3) is 0 Å². The van der Waals surface area contributed by atoms with Crippen molar-refractivity contribution in [2.75, 3.05) is 38.6 Å². The summed E-state index contributed by atoms with van der Waals surface area (Å²) in [5.74, 6) is 0.606. The number of rotatable bonds is 10. The Bertz CT molecular complexity index is 895. The van der Waals surface area contributed by atoms with Crippen LogP contribution < -0.4 is 4.72 Å². The topological polar surface area (TPSA) is 52.6 Å². The summed E-state index contributed by atoms with van der Waals surface area (Å²) in [5.41, 5.74) is 3.31. The van der Waals surface area contributed by atoms with Gasteiger partial charge in [0.2, 0.25) is 10.0 Å². The van der Waals surface area contributed by atoms with Crippen molar-refractivity contribution in [1.29, 1.82) is 0 Å². The van der Waals surface area contributed by atoms with Crippen LogP contribution in [0.25, 0.3) is 0 Å². The molecule has 5 nitrogen and oxygen atoms in total. The zero-order chi connectivity index (χ0) is 21.4. The van der Waals surface area contributed by atoms with E-state index in [2.05, 4.69) is 27.5 Å². The van der Waals surface area contributed by atoms with Gasteiger partial charge in [-0.2, -0.15) is 0 Å². The minimum absolute atomic E-state index is 0.293. The van der Waals surface area contributed by atoms with E-state index < -0.39 is 10.0 Å². The van der Waals surface area contributed by atoms with E-state index >= 15 is 0 Å². The zero-order valence-electron chi connectivity index (χ0n) is 17.7. The third-order valence-corrected chi connectivity index (χ3v) is 7.39. The Kier molecular flexibility index (Phi) is 8.72. The molecule has 1 N–H and O–H groups in total. The number of sulfonamides is 1. The molecule has 1 aliphatic heterocycles. The second-order valence-corrected chi connectivity index (χ2v) is 9.89. The number of benzene rings is 2. The van der Waals surface area contributed by atoms with E-state index in [1.165, 1.54) is 5.56 Å². The maximum atomic E-state index is 12.8. The monoisotopic (exact) mass is 449 g/mol. The average Bonchev–Trinajstić information content (AvgIpc) is 2.78. The molecule has 30 heavy (non-hydrogen) atoms. The maximum absolute atomic E-state index is 12.8. The number of hydrogen-bond acceptors (Lipinski definition) is 4. The largest absolute Gasteiger partial charge is 0.301 e. The molecule has 0 amide bonds. The lowest BCUT2D eigenvalue weighted by atomic mass is 10.1. The molecule has 164 valence electrons. The van der Waals surface area contributed by atoms with Crippen molar-refractivity contribution in [3.63, 3.8) is 0 Å². The highest BCUT2D eigenvalue weighted by Crippen LogP contribution is 2.16. The van der Waals surface area contributed by atoms with Crippen LogP contribution in [0.2, 0.25) is 0 Å². The second-order valence-electron chi connectivity index (χ2n) is 7.74. The molecule has 1 aliphatic rings. The molecule has 7 heteroatoms. The van der Waals surface area contributed by atoms with Gasteiger partial charge in [0.1, 0.15) is 0 Å². The van der Waals surface area contributed by atoms with E-state index in [0.717, 1.165) is 63.2 Å². The van der Waals surface area contributed by atoms with Crippen molar-refractivity contribution >= 4 is 21.6 Å². The SMILES string of the molecule is CCN1CCN(Cc2ccccc2CNS(=O)(=O)c2ccc(CCCCl)cc2)CC1. The van der Waals surface area contributed by atoms with Crippen LogP contribution in [0.3, 0.4) is 0 Å². The first-order chi connectivity index (χ1) is 14.5. The fourth-order valence-corrected chi connectivity index (χ4v) is 4.89. The average molecular weight is 450 g/mol. The Hall–Kier alpha value is -1.44. The summed E-state index contributed by atoms with van der Waals surface area (Å²) >= 11 is 5.73. The minimum atomic E-state index is -3.55. The summed E-state index contributed by atoms with van der Waals surface area (Å²) in [6, 6.07) is 15.2. The number of aryl methyl sites for hydroxylation is 1. The van der Waals surface area contributed by atoms with Crippen LogP contribution in [0.5, 0.6) is 0 Å². The van der Waals surface area contributed by atoms with Crippen LogP contribution in [0.4, 0.5) is 0 Å². The molecule has 0 unspecified atom stereocenters. The van der Waals surface area contributed by atoms with Crippen LogP contribution >= 0.6 is 11.6 Å². The number of piperazine rings is 1. The standard InChI is InChI=1S/C23H32ClN3O2S/c1-2-26-14-16-27(17-15-26)19-22-8-4-3-7-21(22)18-25-30(28,29)23-11-9-20(10-12-23)6-5-13-24/h3-4,7-12,25H,2,5-6,13-19H2,1H3. The Morgan fingerprint density at radius 3 is 2.20 bits per heavy atom. The van der Waals surface area contributed by atoms with Gasteiger partial charge in [-0.3, -0.25) is 4.90 Å². The van der Waals surface area contributed by atoms with Crippen LogP contribution in [-0.4, -0.2) is 56.8 Å². The van der Waals surface area contributed by atoms with Gasteiger partial charge in [0.05, 0.1) is 4.90 Å². The molecule has 0 radical (unpaired) electrons. The molecule has 0 saturated carbocycles. The number of nitrogens with zero attached hydrogens (tertiary/aromatic N) is 2. The first-order valence-corrected chi connectivity index (χ1v) is 12.7. The van der Waals surface area contributed by atoms with Crippen LogP contribution in [0.15, 0.2) is 53.4 Å². The first-order valence-electron chi connectivity index (χ1n) is 10.7. The molecule has 0 aromatic heterocycles. The quantitative estimate of drug-likeness (QED) is 0.564. The van der Waals surface area contributed by atoms with Gasteiger partial charge in [0.15, 0.2) is 0 Å². The van der Waals surface area contributed by atoms with Crippen molar-refractivity contribution in [2.45, 2.75) is 37.8 Å². The van der Waals surface area contributed by atoms with E-state index in [1.807, 2.05) is 30.3 Å². The predicted molar refractivity (Wildman–Crippen MR) is 123 cm³/mol. The smallest absolute Gasteiger partial charge is 0.240 e. The third-order valence-electron chi connectivity index (χ3n) is 5.71. The number of halogens is 1. The Morgan fingerprint density at radius 1 is 0.933 bits per heavy atom. The highest BCUT2D eigenvalue weighted by atomic mass is 35.5. The predicted octanol–water partition coefficient (Wildman–Crippen LogP) is 3.47. The molecule has 3 rings (SSSR count). The number of likely N-dealkylation sites (N-methyl/N-ethyl adjacent to an activating group) is 1. The van der Waals surface area contributed by atoms with Crippen molar-refractivity contribution in [1.82, 2.24) is 14.5 Å². The molecule has 1 heterocycles. The Labute approximate surface area is 186 Å². The highest BCUT2D eigenvalue weighted by Gasteiger charge is 2.18. The van der Waals surface area contributed by atoms with Crippen LogP contribution in [0, 0.1) is 0 Å². The van der Waals surface area contributed by atoms with Crippen LogP contribution in [0.1, 0.15) is 30.0 Å². The molecule has 2 aromatic rings. The van der Waals surface area contributed by atoms with E-state index in [9.17, 15) is 8.42 Å². The van der Waals surface area contributed by atoms with Gasteiger partial charge in [-0.15, -0.1) is 11.6 Å². The second kappa shape index (κ2) is 11.3. The van der Waals surface area contributed by atoms with Crippen molar-refractivity contribution in [3.8, 4) is 0 Å². The molecular formula is C23H32ClN3O2S. The fraction of sp³-hybridized carbons (Fsp3) is 0.478. The third kappa shape index (κ3) is 6.53. The molecular weight excluding hydrogens is 418 g/mol. The molecule has 1 saturated heterocycles. The minimum Gasteiger partial charge on any atom is -0.301 e. The maximum Gasteiger partial charge on any atom is 0.240 e. The summed E-state index contributed by atoms with van der Waals surface area (Å²) in [6.45, 7) is 8.71. The first kappa shape index (κ1) is 23.2.